The fourth-order valence-electron chi connectivity index (χ4n) is 2.85. The monoisotopic (exact) mass is 348 g/mol. The van der Waals surface area contributed by atoms with Gasteiger partial charge in [-0.2, -0.15) is 5.10 Å². The molecular formula is C19H17FN6. The molecule has 0 aliphatic rings. The first-order chi connectivity index (χ1) is 12.6. The largest absolute Gasteiger partial charge is 0.340 e. The van der Waals surface area contributed by atoms with E-state index in [1.807, 2.05) is 43.1 Å². The number of rotatable bonds is 4. The van der Waals surface area contributed by atoms with Gasteiger partial charge in [-0.25, -0.2) is 14.4 Å². The maximum atomic E-state index is 13.3. The van der Waals surface area contributed by atoms with Gasteiger partial charge < -0.3 is 9.88 Å². The van der Waals surface area contributed by atoms with E-state index < -0.39 is 0 Å². The molecule has 0 spiro atoms. The molecule has 2 heterocycles. The zero-order valence-corrected chi connectivity index (χ0v) is 14.4. The number of fused-ring (bicyclic) bond motifs is 1. The van der Waals surface area contributed by atoms with Crippen LogP contribution in [0.3, 0.4) is 0 Å². The number of hydrogen-bond donors (Lipinski definition) is 1. The molecule has 4 aromatic rings. The number of H-pyrrole nitrogens is 1. The Morgan fingerprint density at radius 2 is 1.96 bits per heavy atom. The number of nitrogens with zero attached hydrogens (tertiary/aromatic N) is 5. The van der Waals surface area contributed by atoms with Crippen molar-refractivity contribution in [3.63, 3.8) is 0 Å². The predicted octanol–water partition coefficient (Wildman–Crippen LogP) is 3.50. The molecular weight excluding hydrogens is 331 g/mol. The van der Waals surface area contributed by atoms with Gasteiger partial charge in [0.1, 0.15) is 11.6 Å². The zero-order chi connectivity index (χ0) is 18.1. The Morgan fingerprint density at radius 3 is 2.81 bits per heavy atom. The summed E-state index contributed by atoms with van der Waals surface area (Å²) < 4.78 is 13.3. The van der Waals surface area contributed by atoms with Crippen LogP contribution >= 0.6 is 0 Å². The lowest BCUT2D eigenvalue weighted by Crippen LogP contribution is -2.20. The van der Waals surface area contributed by atoms with Crippen molar-refractivity contribution in [3.8, 4) is 11.3 Å². The van der Waals surface area contributed by atoms with E-state index in [0.717, 1.165) is 22.3 Å². The van der Waals surface area contributed by atoms with Gasteiger partial charge in [0.15, 0.2) is 0 Å². The van der Waals surface area contributed by atoms with E-state index in [1.54, 1.807) is 12.3 Å². The SMILES string of the molecule is Cc1ccccc1-c1cnnc(N(C)Cc2nc3ccc(F)cc3[nH]2)n1. The van der Waals surface area contributed by atoms with Gasteiger partial charge in [-0.3, -0.25) is 0 Å². The van der Waals surface area contributed by atoms with E-state index in [2.05, 4.69) is 25.1 Å². The summed E-state index contributed by atoms with van der Waals surface area (Å²) >= 11 is 0. The van der Waals surface area contributed by atoms with Crippen molar-refractivity contribution in [3.05, 3.63) is 65.9 Å². The molecule has 0 atom stereocenters. The molecule has 0 amide bonds. The Labute approximate surface area is 149 Å². The van der Waals surface area contributed by atoms with Crippen LogP contribution in [0.2, 0.25) is 0 Å². The van der Waals surface area contributed by atoms with Gasteiger partial charge in [-0.1, -0.05) is 24.3 Å². The molecule has 0 radical (unpaired) electrons. The Morgan fingerprint density at radius 1 is 1.12 bits per heavy atom. The highest BCUT2D eigenvalue weighted by atomic mass is 19.1. The molecule has 2 aromatic carbocycles. The molecule has 2 aromatic heterocycles. The van der Waals surface area contributed by atoms with Gasteiger partial charge in [0.05, 0.1) is 29.5 Å². The number of anilines is 1. The number of halogens is 1. The zero-order valence-electron chi connectivity index (χ0n) is 14.4. The molecule has 6 nitrogen and oxygen atoms in total. The lowest BCUT2D eigenvalue weighted by atomic mass is 10.1. The lowest BCUT2D eigenvalue weighted by molar-refractivity contribution is 0.629. The summed E-state index contributed by atoms with van der Waals surface area (Å²) in [7, 11) is 1.87. The Hall–Kier alpha value is -3.35. The Balaban J connectivity index is 1.60. The molecule has 0 fully saturated rings. The number of aryl methyl sites for hydroxylation is 1. The van der Waals surface area contributed by atoms with Gasteiger partial charge in [-0.15, -0.1) is 5.10 Å². The van der Waals surface area contributed by atoms with Crippen LogP contribution in [0.1, 0.15) is 11.4 Å². The van der Waals surface area contributed by atoms with Crippen LogP contribution in [0.4, 0.5) is 10.3 Å². The second-order valence-electron chi connectivity index (χ2n) is 6.16. The van der Waals surface area contributed by atoms with Crippen LogP contribution in [0.25, 0.3) is 22.3 Å². The van der Waals surface area contributed by atoms with E-state index in [9.17, 15) is 4.39 Å². The molecule has 0 aliphatic carbocycles. The second-order valence-corrected chi connectivity index (χ2v) is 6.16. The highest BCUT2D eigenvalue weighted by Crippen LogP contribution is 2.22. The molecule has 0 unspecified atom stereocenters. The normalized spacial score (nSPS) is 11.0. The third kappa shape index (κ3) is 3.11. The first kappa shape index (κ1) is 16.1. The summed E-state index contributed by atoms with van der Waals surface area (Å²) in [5.41, 5.74) is 4.31. The van der Waals surface area contributed by atoms with Crippen molar-refractivity contribution >= 4 is 17.0 Å². The van der Waals surface area contributed by atoms with E-state index in [0.29, 0.717) is 23.8 Å². The molecule has 0 saturated carbocycles. The molecule has 0 saturated heterocycles. The molecule has 0 bridgehead atoms. The van der Waals surface area contributed by atoms with Crippen molar-refractivity contribution in [2.45, 2.75) is 13.5 Å². The quantitative estimate of drug-likeness (QED) is 0.611. The number of aromatic amines is 1. The predicted molar refractivity (Wildman–Crippen MR) is 98.2 cm³/mol. The summed E-state index contributed by atoms with van der Waals surface area (Å²) in [6.07, 6.45) is 1.66. The maximum Gasteiger partial charge on any atom is 0.246 e. The van der Waals surface area contributed by atoms with E-state index in [4.69, 9.17) is 0 Å². The summed E-state index contributed by atoms with van der Waals surface area (Å²) in [4.78, 5) is 14.1. The lowest BCUT2D eigenvalue weighted by Gasteiger charge is -2.15. The highest BCUT2D eigenvalue weighted by molar-refractivity contribution is 5.75. The number of aromatic nitrogens is 5. The minimum absolute atomic E-state index is 0.292. The summed E-state index contributed by atoms with van der Waals surface area (Å²) in [5, 5.41) is 8.21. The van der Waals surface area contributed by atoms with Crippen LogP contribution in [0, 0.1) is 12.7 Å². The van der Waals surface area contributed by atoms with E-state index in [1.165, 1.54) is 12.1 Å². The number of nitrogens with one attached hydrogen (secondary N) is 1. The molecule has 0 aliphatic heterocycles. The van der Waals surface area contributed by atoms with Crippen molar-refractivity contribution in [2.75, 3.05) is 11.9 Å². The second kappa shape index (κ2) is 6.51. The van der Waals surface area contributed by atoms with Gasteiger partial charge in [-0.05, 0) is 30.7 Å². The van der Waals surface area contributed by atoms with Crippen molar-refractivity contribution in [1.82, 2.24) is 25.1 Å². The van der Waals surface area contributed by atoms with Gasteiger partial charge in [0, 0.05) is 12.6 Å². The first-order valence-corrected chi connectivity index (χ1v) is 8.21. The molecule has 130 valence electrons. The highest BCUT2D eigenvalue weighted by Gasteiger charge is 2.12. The van der Waals surface area contributed by atoms with Crippen LogP contribution < -0.4 is 4.90 Å². The van der Waals surface area contributed by atoms with Crippen molar-refractivity contribution in [2.24, 2.45) is 0 Å². The van der Waals surface area contributed by atoms with Crippen LogP contribution in [-0.2, 0) is 6.54 Å². The van der Waals surface area contributed by atoms with Crippen LogP contribution in [-0.4, -0.2) is 32.2 Å². The molecule has 4 rings (SSSR count). The van der Waals surface area contributed by atoms with Crippen LogP contribution in [0.15, 0.2) is 48.7 Å². The maximum absolute atomic E-state index is 13.3. The third-order valence-electron chi connectivity index (χ3n) is 4.19. The Kier molecular flexibility index (Phi) is 4.04. The average molecular weight is 348 g/mol. The number of benzene rings is 2. The fourth-order valence-corrected chi connectivity index (χ4v) is 2.85. The number of hydrogen-bond acceptors (Lipinski definition) is 5. The third-order valence-corrected chi connectivity index (χ3v) is 4.19. The average Bonchev–Trinajstić information content (AvgIpc) is 3.03. The molecule has 1 N–H and O–H groups in total. The Bertz CT molecular complexity index is 1070. The van der Waals surface area contributed by atoms with Gasteiger partial charge >= 0.3 is 0 Å². The summed E-state index contributed by atoms with van der Waals surface area (Å²) in [5.74, 6) is 0.912. The standard InChI is InChI=1S/C19H17FN6/c1-12-5-3-4-6-14(12)17-10-21-25-19(24-17)26(2)11-18-22-15-8-7-13(20)9-16(15)23-18/h3-10H,11H2,1-2H3,(H,22,23). The summed E-state index contributed by atoms with van der Waals surface area (Å²) in [6.45, 7) is 2.49. The smallest absolute Gasteiger partial charge is 0.246 e. The minimum Gasteiger partial charge on any atom is -0.340 e. The minimum atomic E-state index is -0.292. The van der Waals surface area contributed by atoms with E-state index in [-0.39, 0.29) is 5.82 Å². The van der Waals surface area contributed by atoms with Crippen LogP contribution in [0.5, 0.6) is 0 Å². The molecule has 26 heavy (non-hydrogen) atoms. The van der Waals surface area contributed by atoms with Gasteiger partial charge in [0.25, 0.3) is 0 Å². The summed E-state index contributed by atoms with van der Waals surface area (Å²) in [6, 6.07) is 12.5. The van der Waals surface area contributed by atoms with Crippen molar-refractivity contribution in [1.29, 1.82) is 0 Å². The topological polar surface area (TPSA) is 70.6 Å². The van der Waals surface area contributed by atoms with E-state index >= 15 is 0 Å². The molecule has 7 heteroatoms. The fraction of sp³-hybridized carbons (Fsp3) is 0.158. The first-order valence-electron chi connectivity index (χ1n) is 8.21. The number of imidazole rings is 1. The van der Waals surface area contributed by atoms with Gasteiger partial charge in [0.2, 0.25) is 5.95 Å². The van der Waals surface area contributed by atoms with Crippen molar-refractivity contribution < 1.29 is 4.39 Å².